The summed E-state index contributed by atoms with van der Waals surface area (Å²) < 4.78 is 12.5. The average molecular weight is 333 g/mol. The molecule has 3 rings (SSSR count). The lowest BCUT2D eigenvalue weighted by Gasteiger charge is -2.04. The highest BCUT2D eigenvalue weighted by Crippen LogP contribution is 2.26. The number of aromatic nitrogens is 4. The van der Waals surface area contributed by atoms with Crippen LogP contribution < -0.4 is 5.32 Å². The number of hydrogen-bond donors (Lipinski definition) is 1. The number of aryl methyl sites for hydroxylation is 2. The number of nitrogens with zero attached hydrogens (tertiary/aromatic N) is 4. The third-order valence-electron chi connectivity index (χ3n) is 4.39. The largest absolute Gasteiger partial charge is 0.368 e. The van der Waals surface area contributed by atoms with E-state index in [4.69, 9.17) is 9.26 Å². The summed E-state index contributed by atoms with van der Waals surface area (Å²) in [6.07, 6.45) is 2.89. The summed E-state index contributed by atoms with van der Waals surface area (Å²) in [5, 5.41) is 11.1. The Kier molecular flexibility index (Phi) is 4.94. The molecule has 24 heavy (non-hydrogen) atoms. The van der Waals surface area contributed by atoms with Crippen LogP contribution in [0.2, 0.25) is 0 Å². The van der Waals surface area contributed by atoms with Gasteiger partial charge in [0.25, 0.3) is 5.89 Å². The minimum atomic E-state index is -0.0986. The summed E-state index contributed by atoms with van der Waals surface area (Å²) in [6, 6.07) is 0. The summed E-state index contributed by atoms with van der Waals surface area (Å²) in [7, 11) is 1.91. The smallest absolute Gasteiger partial charge is 0.255 e. The minimum absolute atomic E-state index is 0.0406. The third-order valence-corrected chi connectivity index (χ3v) is 4.39. The zero-order chi connectivity index (χ0) is 17.1. The van der Waals surface area contributed by atoms with E-state index in [1.54, 1.807) is 0 Å². The molecule has 0 radical (unpaired) electrons. The van der Waals surface area contributed by atoms with Gasteiger partial charge >= 0.3 is 0 Å². The van der Waals surface area contributed by atoms with Gasteiger partial charge in [0.1, 0.15) is 6.10 Å². The second-order valence-corrected chi connectivity index (χ2v) is 6.10. The minimum Gasteiger partial charge on any atom is -0.368 e. The summed E-state index contributed by atoms with van der Waals surface area (Å²) >= 11 is 0. The molecule has 8 nitrogen and oxygen atoms in total. The van der Waals surface area contributed by atoms with Gasteiger partial charge < -0.3 is 14.6 Å². The number of nitrogens with one attached hydrogen (secondary N) is 1. The Morgan fingerprint density at radius 1 is 1.42 bits per heavy atom. The van der Waals surface area contributed by atoms with Gasteiger partial charge in [0, 0.05) is 25.8 Å². The molecule has 1 aliphatic heterocycles. The summed E-state index contributed by atoms with van der Waals surface area (Å²) in [4.78, 5) is 16.3. The van der Waals surface area contributed by atoms with Gasteiger partial charge in [-0.2, -0.15) is 10.1 Å². The van der Waals surface area contributed by atoms with Crippen molar-refractivity contribution in [3.05, 3.63) is 28.7 Å². The third kappa shape index (κ3) is 3.64. The van der Waals surface area contributed by atoms with Gasteiger partial charge in [-0.15, -0.1) is 0 Å². The Morgan fingerprint density at radius 2 is 2.25 bits per heavy atom. The molecule has 0 unspecified atom stereocenters. The summed E-state index contributed by atoms with van der Waals surface area (Å²) in [5.74, 6) is 0.932. The van der Waals surface area contributed by atoms with Crippen molar-refractivity contribution in [3.8, 4) is 0 Å². The molecule has 1 N–H and O–H groups in total. The van der Waals surface area contributed by atoms with Gasteiger partial charge in [-0.05, 0) is 38.7 Å². The fourth-order valence-corrected chi connectivity index (χ4v) is 2.93. The second kappa shape index (κ2) is 7.12. The highest BCUT2D eigenvalue weighted by atomic mass is 16.5. The van der Waals surface area contributed by atoms with Crippen LogP contribution in [0, 0.1) is 13.8 Å². The highest BCUT2D eigenvalue weighted by Gasteiger charge is 2.23. The van der Waals surface area contributed by atoms with Crippen LogP contribution in [0.25, 0.3) is 0 Å². The van der Waals surface area contributed by atoms with Crippen molar-refractivity contribution in [2.24, 2.45) is 7.05 Å². The molecule has 0 aliphatic carbocycles. The van der Waals surface area contributed by atoms with Gasteiger partial charge in [-0.1, -0.05) is 5.16 Å². The van der Waals surface area contributed by atoms with Crippen molar-refractivity contribution in [2.45, 2.75) is 52.2 Å². The lowest BCUT2D eigenvalue weighted by molar-refractivity contribution is -0.121. The molecular weight excluding hydrogens is 310 g/mol. The fourth-order valence-electron chi connectivity index (χ4n) is 2.93. The Labute approximate surface area is 140 Å². The van der Waals surface area contributed by atoms with Crippen LogP contribution in [0.4, 0.5) is 0 Å². The van der Waals surface area contributed by atoms with Gasteiger partial charge in [0.05, 0.1) is 12.2 Å². The van der Waals surface area contributed by atoms with E-state index in [2.05, 4.69) is 20.6 Å². The van der Waals surface area contributed by atoms with Crippen molar-refractivity contribution < 1.29 is 14.1 Å². The van der Waals surface area contributed by atoms with E-state index in [-0.39, 0.29) is 18.6 Å². The molecule has 8 heteroatoms. The van der Waals surface area contributed by atoms with E-state index in [0.29, 0.717) is 24.6 Å². The number of carbonyl (C=O) groups excluding carboxylic acids is 1. The van der Waals surface area contributed by atoms with Crippen molar-refractivity contribution >= 4 is 5.91 Å². The molecule has 0 spiro atoms. The zero-order valence-corrected chi connectivity index (χ0v) is 14.3. The Bertz CT molecular complexity index is 715. The quantitative estimate of drug-likeness (QED) is 0.861. The lowest BCUT2D eigenvalue weighted by atomic mass is 10.1. The predicted molar refractivity (Wildman–Crippen MR) is 85.1 cm³/mol. The summed E-state index contributed by atoms with van der Waals surface area (Å²) in [5.41, 5.74) is 3.20. The van der Waals surface area contributed by atoms with E-state index >= 15 is 0 Å². The average Bonchev–Trinajstić information content (AvgIpc) is 3.27. The predicted octanol–water partition coefficient (Wildman–Crippen LogP) is 1.52. The molecular formula is C16H23N5O3. The molecule has 0 aromatic carbocycles. The molecule has 0 bridgehead atoms. The van der Waals surface area contributed by atoms with Crippen LogP contribution in [-0.4, -0.2) is 32.4 Å². The maximum Gasteiger partial charge on any atom is 0.255 e. The van der Waals surface area contributed by atoms with Crippen LogP contribution in [0.3, 0.4) is 0 Å². The van der Waals surface area contributed by atoms with E-state index in [1.165, 1.54) is 0 Å². The maximum absolute atomic E-state index is 12.0. The highest BCUT2D eigenvalue weighted by molar-refractivity contribution is 5.76. The Morgan fingerprint density at radius 3 is 2.92 bits per heavy atom. The first-order valence-electron chi connectivity index (χ1n) is 8.24. The van der Waals surface area contributed by atoms with Crippen LogP contribution >= 0.6 is 0 Å². The number of hydrogen-bond acceptors (Lipinski definition) is 6. The first-order chi connectivity index (χ1) is 11.5. The van der Waals surface area contributed by atoms with Crippen molar-refractivity contribution in [1.82, 2.24) is 25.2 Å². The molecule has 1 aliphatic rings. The van der Waals surface area contributed by atoms with E-state index in [0.717, 1.165) is 36.4 Å². The van der Waals surface area contributed by atoms with Crippen molar-refractivity contribution in [2.75, 3.05) is 6.61 Å². The van der Waals surface area contributed by atoms with E-state index in [1.807, 2.05) is 25.6 Å². The van der Waals surface area contributed by atoms with Gasteiger partial charge in [0.2, 0.25) is 5.91 Å². The molecule has 0 saturated carbocycles. The maximum atomic E-state index is 12.0. The lowest BCUT2D eigenvalue weighted by Crippen LogP contribution is -2.23. The van der Waals surface area contributed by atoms with Crippen molar-refractivity contribution in [3.63, 3.8) is 0 Å². The second-order valence-electron chi connectivity index (χ2n) is 6.10. The van der Waals surface area contributed by atoms with Crippen LogP contribution in [0.1, 0.15) is 54.0 Å². The fraction of sp³-hybridized carbons (Fsp3) is 0.625. The summed E-state index contributed by atoms with van der Waals surface area (Å²) in [6.45, 7) is 4.97. The number of rotatable bonds is 6. The normalized spacial score (nSPS) is 17.4. The molecule has 2 aromatic heterocycles. The SMILES string of the molecule is Cc1nn(C)c(C)c1CCC(=O)NCc1noc([C@@H]2CCCO2)n1. The molecule has 1 atom stereocenters. The van der Waals surface area contributed by atoms with Crippen LogP contribution in [0.5, 0.6) is 0 Å². The first kappa shape index (κ1) is 16.6. The van der Waals surface area contributed by atoms with Crippen molar-refractivity contribution in [1.29, 1.82) is 0 Å². The molecule has 1 fully saturated rings. The number of amides is 1. The Balaban J connectivity index is 1.47. The van der Waals surface area contributed by atoms with E-state index < -0.39 is 0 Å². The number of ether oxygens (including phenoxy) is 1. The Hall–Kier alpha value is -2.22. The molecule has 3 heterocycles. The van der Waals surface area contributed by atoms with Gasteiger partial charge in [0.15, 0.2) is 5.82 Å². The molecule has 1 amide bonds. The monoisotopic (exact) mass is 333 g/mol. The van der Waals surface area contributed by atoms with E-state index in [9.17, 15) is 4.79 Å². The topological polar surface area (TPSA) is 95.1 Å². The number of carbonyl (C=O) groups is 1. The molecule has 2 aromatic rings. The van der Waals surface area contributed by atoms with Gasteiger partial charge in [-0.25, -0.2) is 0 Å². The van der Waals surface area contributed by atoms with Gasteiger partial charge in [-0.3, -0.25) is 9.48 Å². The molecule has 1 saturated heterocycles. The van der Waals surface area contributed by atoms with Crippen LogP contribution in [0.15, 0.2) is 4.52 Å². The van der Waals surface area contributed by atoms with Crippen LogP contribution in [-0.2, 0) is 29.5 Å². The standard InChI is InChI=1S/C16H23N5O3/c1-10-12(11(2)21(3)19-10)6-7-15(22)17-9-14-18-16(24-20-14)13-5-4-8-23-13/h13H,4-9H2,1-3H3,(H,17,22)/t13-/m0/s1. The molecule has 130 valence electrons. The first-order valence-corrected chi connectivity index (χ1v) is 8.24. The zero-order valence-electron chi connectivity index (χ0n) is 14.3.